The third-order valence-corrected chi connectivity index (χ3v) is 3.85. The monoisotopic (exact) mass is 499 g/mol. The summed E-state index contributed by atoms with van der Waals surface area (Å²) >= 11 is 0. The first-order chi connectivity index (χ1) is 12.3. The average molecular weight is 499 g/mol. The Morgan fingerprint density at radius 1 is 1.30 bits per heavy atom. The van der Waals surface area contributed by atoms with Gasteiger partial charge in [0.05, 0.1) is 13.2 Å². The summed E-state index contributed by atoms with van der Waals surface area (Å²) in [6, 6.07) is 0. The van der Waals surface area contributed by atoms with Crippen LogP contribution in [0.5, 0.6) is 0 Å². The van der Waals surface area contributed by atoms with Gasteiger partial charge in [0.15, 0.2) is 5.96 Å². The molecule has 1 fully saturated rings. The van der Waals surface area contributed by atoms with Crippen LogP contribution in [0, 0.1) is 0 Å². The number of hydrogen-bond acceptors (Lipinski definition) is 5. The quantitative estimate of drug-likeness (QED) is 0.218. The van der Waals surface area contributed by atoms with Crippen LogP contribution in [0.2, 0.25) is 0 Å². The van der Waals surface area contributed by atoms with Crippen LogP contribution in [0.4, 0.5) is 4.79 Å². The second-order valence-corrected chi connectivity index (χ2v) is 7.47. The number of halogens is 1. The highest BCUT2D eigenvalue weighted by molar-refractivity contribution is 14.0. The van der Waals surface area contributed by atoms with Gasteiger partial charge in [-0.05, 0) is 33.6 Å². The molecule has 1 aliphatic rings. The molecule has 160 valence electrons. The number of aliphatic imine (C=N–C) groups is 1. The average Bonchev–Trinajstić information content (AvgIpc) is 2.57. The summed E-state index contributed by atoms with van der Waals surface area (Å²) in [6.45, 7) is 14.7. The normalized spacial score (nSPS) is 15.8. The zero-order valence-electron chi connectivity index (χ0n) is 17.3. The Morgan fingerprint density at radius 3 is 2.56 bits per heavy atom. The molecule has 1 amide bonds. The molecule has 0 saturated carbocycles. The van der Waals surface area contributed by atoms with Gasteiger partial charge >= 0.3 is 6.09 Å². The van der Waals surface area contributed by atoms with Gasteiger partial charge in [-0.25, -0.2) is 4.79 Å². The minimum absolute atomic E-state index is 0. The third-order valence-electron chi connectivity index (χ3n) is 3.85. The van der Waals surface area contributed by atoms with E-state index in [9.17, 15) is 4.79 Å². The van der Waals surface area contributed by atoms with Crippen molar-refractivity contribution in [1.82, 2.24) is 15.1 Å². The Morgan fingerprint density at radius 2 is 1.96 bits per heavy atom. The lowest BCUT2D eigenvalue weighted by Crippen LogP contribution is -2.43. The Kier molecular flexibility index (Phi) is 13.8. The molecule has 9 heteroatoms. The van der Waals surface area contributed by atoms with Crippen molar-refractivity contribution >= 4 is 36.0 Å². The van der Waals surface area contributed by atoms with Crippen LogP contribution in [0.3, 0.4) is 0 Å². The molecule has 0 aromatic carbocycles. The molecule has 0 bridgehead atoms. The lowest BCUT2D eigenvalue weighted by Gasteiger charge is -2.27. The maximum Gasteiger partial charge on any atom is 0.410 e. The van der Waals surface area contributed by atoms with Crippen molar-refractivity contribution in [3.05, 3.63) is 0 Å². The molecule has 1 saturated heterocycles. The first kappa shape index (κ1) is 26.2. The lowest BCUT2D eigenvalue weighted by molar-refractivity contribution is 0.0253. The number of nitrogens with two attached hydrogens (primary N) is 1. The molecule has 8 nitrogen and oxygen atoms in total. The third kappa shape index (κ3) is 13.1. The summed E-state index contributed by atoms with van der Waals surface area (Å²) < 4.78 is 10.8. The smallest absolute Gasteiger partial charge is 0.410 e. The molecule has 1 aliphatic heterocycles. The number of ether oxygens (including phenoxy) is 2. The van der Waals surface area contributed by atoms with Crippen molar-refractivity contribution in [3.8, 4) is 0 Å². The van der Waals surface area contributed by atoms with E-state index in [0.29, 0.717) is 32.1 Å². The topological polar surface area (TPSA) is 92.4 Å². The number of morpholine rings is 1. The summed E-state index contributed by atoms with van der Waals surface area (Å²) in [5.74, 6) is 0.424. The summed E-state index contributed by atoms with van der Waals surface area (Å²) in [5, 5.41) is 3.07. The number of nitrogens with one attached hydrogen (secondary N) is 1. The number of rotatable bonds is 9. The number of carbonyl (C=O) groups is 1. The van der Waals surface area contributed by atoms with Gasteiger partial charge < -0.3 is 25.4 Å². The minimum Gasteiger partial charge on any atom is -0.444 e. The van der Waals surface area contributed by atoms with E-state index < -0.39 is 5.60 Å². The van der Waals surface area contributed by atoms with Crippen molar-refractivity contribution in [2.24, 2.45) is 10.7 Å². The van der Waals surface area contributed by atoms with E-state index in [2.05, 4.69) is 15.2 Å². The molecule has 0 atom stereocenters. The van der Waals surface area contributed by atoms with Gasteiger partial charge in [-0.1, -0.05) is 6.92 Å². The number of carbonyl (C=O) groups excluding carboxylic acids is 1. The highest BCUT2D eigenvalue weighted by Gasteiger charge is 2.21. The number of amides is 1. The van der Waals surface area contributed by atoms with Crippen LogP contribution in [-0.4, -0.2) is 86.5 Å². The van der Waals surface area contributed by atoms with E-state index in [1.165, 1.54) is 0 Å². The van der Waals surface area contributed by atoms with E-state index >= 15 is 0 Å². The molecular formula is C18H38IN5O3. The molecule has 3 N–H and O–H groups in total. The van der Waals surface area contributed by atoms with E-state index in [1.807, 2.05) is 27.7 Å². The van der Waals surface area contributed by atoms with Gasteiger partial charge in [0, 0.05) is 45.8 Å². The van der Waals surface area contributed by atoms with E-state index in [1.54, 1.807) is 4.90 Å². The predicted molar refractivity (Wildman–Crippen MR) is 120 cm³/mol. The van der Waals surface area contributed by atoms with Gasteiger partial charge in [-0.2, -0.15) is 0 Å². The fourth-order valence-electron chi connectivity index (χ4n) is 2.58. The van der Waals surface area contributed by atoms with Gasteiger partial charge in [0.1, 0.15) is 5.60 Å². The Bertz CT molecular complexity index is 437. The van der Waals surface area contributed by atoms with Crippen molar-refractivity contribution in [2.45, 2.75) is 46.1 Å². The summed E-state index contributed by atoms with van der Waals surface area (Å²) in [5.41, 5.74) is 5.41. The van der Waals surface area contributed by atoms with Crippen LogP contribution in [0.15, 0.2) is 4.99 Å². The molecular weight excluding hydrogens is 461 g/mol. The second-order valence-electron chi connectivity index (χ2n) is 7.47. The van der Waals surface area contributed by atoms with Crippen molar-refractivity contribution < 1.29 is 14.3 Å². The minimum atomic E-state index is -0.489. The van der Waals surface area contributed by atoms with Crippen LogP contribution in [-0.2, 0) is 9.47 Å². The second kappa shape index (κ2) is 14.2. The van der Waals surface area contributed by atoms with Crippen LogP contribution < -0.4 is 11.1 Å². The van der Waals surface area contributed by atoms with Gasteiger partial charge in [0.25, 0.3) is 0 Å². The van der Waals surface area contributed by atoms with Gasteiger partial charge in [-0.3, -0.25) is 9.89 Å². The maximum atomic E-state index is 12.2. The summed E-state index contributed by atoms with van der Waals surface area (Å²) in [7, 11) is 0. The fraction of sp³-hybridized carbons (Fsp3) is 0.889. The van der Waals surface area contributed by atoms with Crippen LogP contribution >= 0.6 is 24.0 Å². The molecule has 0 aliphatic carbocycles. The fourth-order valence-corrected chi connectivity index (χ4v) is 2.58. The molecule has 0 radical (unpaired) electrons. The highest BCUT2D eigenvalue weighted by Crippen LogP contribution is 2.10. The van der Waals surface area contributed by atoms with E-state index in [-0.39, 0.29) is 30.1 Å². The van der Waals surface area contributed by atoms with Crippen molar-refractivity contribution in [1.29, 1.82) is 0 Å². The zero-order valence-corrected chi connectivity index (χ0v) is 19.7. The number of nitrogens with zero attached hydrogens (tertiary/aromatic N) is 3. The number of guanidine groups is 1. The Balaban J connectivity index is 0.00000676. The molecule has 0 aromatic rings. The molecule has 0 aromatic heterocycles. The van der Waals surface area contributed by atoms with E-state index in [4.69, 9.17) is 15.2 Å². The van der Waals surface area contributed by atoms with Crippen LogP contribution in [0.1, 0.15) is 40.5 Å². The van der Waals surface area contributed by atoms with E-state index in [0.717, 1.165) is 45.7 Å². The Hall–Kier alpha value is -0.810. The molecule has 1 heterocycles. The van der Waals surface area contributed by atoms with Crippen molar-refractivity contribution in [2.75, 3.05) is 59.0 Å². The molecule has 27 heavy (non-hydrogen) atoms. The largest absolute Gasteiger partial charge is 0.444 e. The number of hydrogen-bond donors (Lipinski definition) is 2. The lowest BCUT2D eigenvalue weighted by atomic mass is 10.2. The SMILES string of the molecule is CCCN(CCNC(N)=NCCCN1CCOCC1)C(=O)OC(C)(C)C.I. The highest BCUT2D eigenvalue weighted by atomic mass is 127. The maximum absolute atomic E-state index is 12.2. The van der Waals surface area contributed by atoms with Gasteiger partial charge in [0.2, 0.25) is 0 Å². The molecule has 0 unspecified atom stereocenters. The Labute approximate surface area is 181 Å². The molecule has 0 spiro atoms. The molecule has 1 rings (SSSR count). The standard InChI is InChI=1S/C18H37N5O3.HI/c1-5-9-23(17(24)26-18(2,3)4)11-8-21-16(19)20-7-6-10-22-12-14-25-15-13-22;/h5-15H2,1-4H3,(H3,19,20,21);1H. The summed E-state index contributed by atoms with van der Waals surface area (Å²) in [6.07, 6.45) is 1.56. The first-order valence-corrected chi connectivity index (χ1v) is 9.63. The zero-order chi connectivity index (χ0) is 19.4. The van der Waals surface area contributed by atoms with Gasteiger partial charge in [-0.15, -0.1) is 24.0 Å². The first-order valence-electron chi connectivity index (χ1n) is 9.63. The predicted octanol–water partition coefficient (Wildman–Crippen LogP) is 1.88. The van der Waals surface area contributed by atoms with Crippen molar-refractivity contribution in [3.63, 3.8) is 0 Å². The van der Waals surface area contributed by atoms with Crippen LogP contribution in [0.25, 0.3) is 0 Å². The summed E-state index contributed by atoms with van der Waals surface area (Å²) in [4.78, 5) is 20.6.